The molecule has 0 aromatic carbocycles. The first-order valence-electron chi connectivity index (χ1n) is 8.19. The highest BCUT2D eigenvalue weighted by Crippen LogP contribution is 2.19. The van der Waals surface area contributed by atoms with E-state index >= 15 is 0 Å². The van der Waals surface area contributed by atoms with Crippen molar-refractivity contribution in [2.75, 3.05) is 20.1 Å². The Balaban J connectivity index is 1.88. The number of aromatic nitrogens is 3. The molecule has 1 aliphatic rings. The first kappa shape index (κ1) is 15.7. The number of piperidine rings is 1. The van der Waals surface area contributed by atoms with Crippen LogP contribution in [0.3, 0.4) is 0 Å². The molecule has 6 nitrogen and oxygen atoms in total. The third-order valence-corrected chi connectivity index (χ3v) is 4.42. The molecule has 0 spiro atoms. The second kappa shape index (κ2) is 6.91. The van der Waals surface area contributed by atoms with E-state index in [1.165, 1.54) is 0 Å². The fourth-order valence-corrected chi connectivity index (χ4v) is 3.14. The number of nitrogens with one attached hydrogen (secondary N) is 1. The van der Waals surface area contributed by atoms with Gasteiger partial charge in [0.05, 0.1) is 17.5 Å². The number of likely N-dealkylation sites (tertiary alicyclic amines) is 1. The van der Waals surface area contributed by atoms with Gasteiger partial charge in [0, 0.05) is 25.3 Å². The molecule has 2 aromatic heterocycles. The van der Waals surface area contributed by atoms with Crippen molar-refractivity contribution >= 4 is 5.91 Å². The lowest BCUT2D eigenvalue weighted by Crippen LogP contribution is -2.47. The summed E-state index contributed by atoms with van der Waals surface area (Å²) < 4.78 is 1.77. The molecule has 1 fully saturated rings. The Morgan fingerprint density at radius 2 is 2.30 bits per heavy atom. The van der Waals surface area contributed by atoms with Gasteiger partial charge in [0.1, 0.15) is 0 Å². The van der Waals surface area contributed by atoms with Crippen molar-refractivity contribution in [2.24, 2.45) is 0 Å². The molecule has 6 heteroatoms. The lowest BCUT2D eigenvalue weighted by Gasteiger charge is -2.32. The second-order valence-electron chi connectivity index (χ2n) is 5.84. The Kier molecular flexibility index (Phi) is 4.71. The number of carbonyl (C=O) groups excluding carboxylic acids is 1. The molecule has 0 bridgehead atoms. The van der Waals surface area contributed by atoms with Gasteiger partial charge in [-0.2, -0.15) is 5.10 Å². The third kappa shape index (κ3) is 3.12. The van der Waals surface area contributed by atoms with E-state index in [1.807, 2.05) is 37.1 Å². The Morgan fingerprint density at radius 1 is 1.43 bits per heavy atom. The molecule has 1 N–H and O–H groups in total. The Hall–Kier alpha value is -2.21. The maximum Gasteiger partial charge on any atom is 0.257 e. The number of carbonyl (C=O) groups is 1. The van der Waals surface area contributed by atoms with E-state index in [9.17, 15) is 4.79 Å². The van der Waals surface area contributed by atoms with Crippen LogP contribution in [0.4, 0.5) is 0 Å². The molecule has 0 radical (unpaired) electrons. The molecule has 0 saturated carbocycles. The molecule has 23 heavy (non-hydrogen) atoms. The molecule has 1 atom stereocenters. The van der Waals surface area contributed by atoms with E-state index in [-0.39, 0.29) is 5.91 Å². The minimum absolute atomic E-state index is 0.0731. The SMILES string of the molecule is CCc1c(C(=O)N2CCC[C@H](NC)C2)cnn1-c1ccccn1. The van der Waals surface area contributed by atoms with Crippen molar-refractivity contribution < 1.29 is 4.79 Å². The molecule has 0 unspecified atom stereocenters. The average molecular weight is 313 g/mol. The zero-order valence-electron chi connectivity index (χ0n) is 13.7. The molecule has 1 amide bonds. The van der Waals surface area contributed by atoms with E-state index in [1.54, 1.807) is 17.1 Å². The molecular weight excluding hydrogens is 290 g/mol. The third-order valence-electron chi connectivity index (χ3n) is 4.42. The summed E-state index contributed by atoms with van der Waals surface area (Å²) in [5.74, 6) is 0.819. The van der Waals surface area contributed by atoms with Gasteiger partial charge in [-0.05, 0) is 38.4 Å². The minimum atomic E-state index is 0.0731. The first-order valence-corrected chi connectivity index (χ1v) is 8.19. The van der Waals surface area contributed by atoms with Crippen LogP contribution in [0.25, 0.3) is 5.82 Å². The molecule has 3 heterocycles. The van der Waals surface area contributed by atoms with Gasteiger partial charge in [0.25, 0.3) is 5.91 Å². The Morgan fingerprint density at radius 3 is 3.00 bits per heavy atom. The highest BCUT2D eigenvalue weighted by Gasteiger charge is 2.26. The van der Waals surface area contributed by atoms with Crippen molar-refractivity contribution in [1.29, 1.82) is 0 Å². The number of rotatable bonds is 4. The zero-order valence-corrected chi connectivity index (χ0v) is 13.7. The van der Waals surface area contributed by atoms with Crippen LogP contribution in [0.2, 0.25) is 0 Å². The van der Waals surface area contributed by atoms with E-state index < -0.39 is 0 Å². The van der Waals surface area contributed by atoms with E-state index in [0.717, 1.165) is 43.9 Å². The summed E-state index contributed by atoms with van der Waals surface area (Å²) in [6, 6.07) is 6.07. The van der Waals surface area contributed by atoms with Crippen LogP contribution in [0, 0.1) is 0 Å². The summed E-state index contributed by atoms with van der Waals surface area (Å²) in [7, 11) is 1.95. The fraction of sp³-hybridized carbons (Fsp3) is 0.471. The van der Waals surface area contributed by atoms with Crippen LogP contribution < -0.4 is 5.32 Å². The number of pyridine rings is 1. The molecule has 122 valence electrons. The number of nitrogens with zero attached hydrogens (tertiary/aromatic N) is 4. The largest absolute Gasteiger partial charge is 0.337 e. The van der Waals surface area contributed by atoms with Crippen LogP contribution in [0.15, 0.2) is 30.6 Å². The lowest BCUT2D eigenvalue weighted by molar-refractivity contribution is 0.0697. The smallest absolute Gasteiger partial charge is 0.257 e. The number of amides is 1. The normalized spacial score (nSPS) is 18.2. The maximum absolute atomic E-state index is 12.9. The van der Waals surface area contributed by atoms with Crippen LogP contribution in [-0.4, -0.2) is 51.8 Å². The van der Waals surface area contributed by atoms with Crippen LogP contribution in [0.1, 0.15) is 35.8 Å². The van der Waals surface area contributed by atoms with Crippen molar-refractivity contribution in [3.63, 3.8) is 0 Å². The first-order chi connectivity index (χ1) is 11.2. The number of hydrogen-bond donors (Lipinski definition) is 1. The topological polar surface area (TPSA) is 63.1 Å². The van der Waals surface area contributed by atoms with Gasteiger partial charge >= 0.3 is 0 Å². The maximum atomic E-state index is 12.9. The van der Waals surface area contributed by atoms with Crippen molar-refractivity contribution in [3.05, 3.63) is 41.9 Å². The van der Waals surface area contributed by atoms with Gasteiger partial charge in [-0.3, -0.25) is 4.79 Å². The Bertz CT molecular complexity index is 667. The van der Waals surface area contributed by atoms with E-state index in [2.05, 4.69) is 15.4 Å². The summed E-state index contributed by atoms with van der Waals surface area (Å²) in [5.41, 5.74) is 1.61. The molecule has 1 aliphatic heterocycles. The lowest BCUT2D eigenvalue weighted by atomic mass is 10.0. The highest BCUT2D eigenvalue weighted by molar-refractivity contribution is 5.95. The number of hydrogen-bond acceptors (Lipinski definition) is 4. The van der Waals surface area contributed by atoms with Gasteiger partial charge in [-0.15, -0.1) is 0 Å². The predicted octanol–water partition coefficient (Wildman–Crippen LogP) is 1.65. The second-order valence-corrected chi connectivity index (χ2v) is 5.84. The van der Waals surface area contributed by atoms with Crippen molar-refractivity contribution in [2.45, 2.75) is 32.2 Å². The standard InChI is InChI=1S/C17H23N5O/c1-3-15-14(11-20-22(15)16-8-4-5-9-19-16)17(23)21-10-6-7-13(12-21)18-2/h4-5,8-9,11,13,18H,3,6-7,10,12H2,1-2H3/t13-/m0/s1. The van der Waals surface area contributed by atoms with E-state index in [0.29, 0.717) is 11.6 Å². The summed E-state index contributed by atoms with van der Waals surface area (Å²) in [6.45, 7) is 3.61. The summed E-state index contributed by atoms with van der Waals surface area (Å²) in [6.07, 6.45) is 6.31. The summed E-state index contributed by atoms with van der Waals surface area (Å²) in [4.78, 5) is 19.2. The van der Waals surface area contributed by atoms with Crippen LogP contribution >= 0.6 is 0 Å². The van der Waals surface area contributed by atoms with Gasteiger partial charge in [0.2, 0.25) is 0 Å². The van der Waals surface area contributed by atoms with Gasteiger partial charge in [0.15, 0.2) is 5.82 Å². The summed E-state index contributed by atoms with van der Waals surface area (Å²) in [5, 5.41) is 7.68. The van der Waals surface area contributed by atoms with Gasteiger partial charge in [-0.25, -0.2) is 9.67 Å². The minimum Gasteiger partial charge on any atom is -0.337 e. The van der Waals surface area contributed by atoms with Crippen LogP contribution in [-0.2, 0) is 6.42 Å². The fourth-order valence-electron chi connectivity index (χ4n) is 3.14. The van der Waals surface area contributed by atoms with Crippen LogP contribution in [0.5, 0.6) is 0 Å². The average Bonchev–Trinajstić information content (AvgIpc) is 3.05. The quantitative estimate of drug-likeness (QED) is 0.932. The van der Waals surface area contributed by atoms with Gasteiger partial charge in [-0.1, -0.05) is 13.0 Å². The summed E-state index contributed by atoms with van der Waals surface area (Å²) >= 11 is 0. The molecule has 2 aromatic rings. The monoisotopic (exact) mass is 313 g/mol. The van der Waals surface area contributed by atoms with Gasteiger partial charge < -0.3 is 10.2 Å². The van der Waals surface area contributed by atoms with Crippen molar-refractivity contribution in [3.8, 4) is 5.82 Å². The number of likely N-dealkylation sites (N-methyl/N-ethyl adjacent to an activating group) is 1. The molecule has 3 rings (SSSR count). The Labute approximate surface area is 136 Å². The molecular formula is C17H23N5O. The van der Waals surface area contributed by atoms with Crippen molar-refractivity contribution in [1.82, 2.24) is 25.0 Å². The molecule has 1 saturated heterocycles. The highest BCUT2D eigenvalue weighted by atomic mass is 16.2. The molecule has 0 aliphatic carbocycles. The predicted molar refractivity (Wildman–Crippen MR) is 88.7 cm³/mol. The zero-order chi connectivity index (χ0) is 16.2. The van der Waals surface area contributed by atoms with E-state index in [4.69, 9.17) is 0 Å².